The normalized spacial score (nSPS) is 14.4. The molecule has 0 atom stereocenters. The number of carbonyl (C=O) groups excluding carboxylic acids is 1. The van der Waals surface area contributed by atoms with Gasteiger partial charge in [0, 0.05) is 5.56 Å². The quantitative estimate of drug-likeness (QED) is 0.782. The average Bonchev–Trinajstić information content (AvgIpc) is 3.46. The van der Waals surface area contributed by atoms with E-state index in [1.54, 1.807) is 7.11 Å². The van der Waals surface area contributed by atoms with Crippen LogP contribution in [0.15, 0.2) is 30.5 Å². The molecule has 1 heterocycles. The minimum atomic E-state index is -0.589. The van der Waals surface area contributed by atoms with Crippen LogP contribution in [-0.2, 0) is 10.2 Å². The SMILES string of the molecule is CCOc1ncc(NC(=O)C2(c3ccccc3OC)CC2)c(OCC)n1. The van der Waals surface area contributed by atoms with E-state index in [2.05, 4.69) is 15.3 Å². The fourth-order valence-corrected chi connectivity index (χ4v) is 2.91. The lowest BCUT2D eigenvalue weighted by Gasteiger charge is -2.19. The van der Waals surface area contributed by atoms with Gasteiger partial charge >= 0.3 is 6.01 Å². The van der Waals surface area contributed by atoms with Crippen LogP contribution >= 0.6 is 0 Å². The number of nitrogens with one attached hydrogen (secondary N) is 1. The van der Waals surface area contributed by atoms with Crippen LogP contribution < -0.4 is 19.5 Å². The molecule has 1 aliphatic carbocycles. The third kappa shape index (κ3) is 3.42. The number of hydrogen-bond donors (Lipinski definition) is 1. The summed E-state index contributed by atoms with van der Waals surface area (Å²) in [6, 6.07) is 7.83. The molecular weight excluding hydrogens is 334 g/mol. The van der Waals surface area contributed by atoms with Gasteiger partial charge in [-0.25, -0.2) is 4.98 Å². The first-order valence-electron chi connectivity index (χ1n) is 8.72. The van der Waals surface area contributed by atoms with E-state index in [0.717, 1.165) is 18.4 Å². The summed E-state index contributed by atoms with van der Waals surface area (Å²) in [5.41, 5.74) is 0.737. The topological polar surface area (TPSA) is 82.6 Å². The van der Waals surface area contributed by atoms with Gasteiger partial charge in [0.15, 0.2) is 0 Å². The maximum Gasteiger partial charge on any atom is 0.319 e. The van der Waals surface area contributed by atoms with Crippen molar-refractivity contribution in [3.05, 3.63) is 36.0 Å². The van der Waals surface area contributed by atoms with Crippen molar-refractivity contribution >= 4 is 11.6 Å². The van der Waals surface area contributed by atoms with E-state index in [4.69, 9.17) is 14.2 Å². The summed E-state index contributed by atoms with van der Waals surface area (Å²) in [7, 11) is 1.61. The van der Waals surface area contributed by atoms with Crippen molar-refractivity contribution in [2.45, 2.75) is 32.1 Å². The van der Waals surface area contributed by atoms with Crippen LogP contribution in [0.4, 0.5) is 5.69 Å². The van der Waals surface area contributed by atoms with Gasteiger partial charge in [0.2, 0.25) is 11.8 Å². The second kappa shape index (κ2) is 7.59. The minimum Gasteiger partial charge on any atom is -0.496 e. The molecule has 1 amide bonds. The summed E-state index contributed by atoms with van der Waals surface area (Å²) in [5.74, 6) is 0.902. The molecule has 138 valence electrons. The largest absolute Gasteiger partial charge is 0.496 e. The molecule has 1 aromatic heterocycles. The molecule has 1 fully saturated rings. The van der Waals surface area contributed by atoms with E-state index >= 15 is 0 Å². The van der Waals surface area contributed by atoms with Crippen molar-refractivity contribution in [2.75, 3.05) is 25.6 Å². The Bertz CT molecular complexity index is 790. The van der Waals surface area contributed by atoms with Crippen molar-refractivity contribution in [1.29, 1.82) is 0 Å². The smallest absolute Gasteiger partial charge is 0.319 e. The molecule has 1 aromatic carbocycles. The van der Waals surface area contributed by atoms with E-state index in [-0.39, 0.29) is 11.9 Å². The third-order valence-corrected chi connectivity index (χ3v) is 4.34. The first-order chi connectivity index (χ1) is 12.6. The van der Waals surface area contributed by atoms with Crippen molar-refractivity contribution in [2.24, 2.45) is 0 Å². The molecule has 0 saturated heterocycles. The number of anilines is 1. The number of hydrogen-bond acceptors (Lipinski definition) is 6. The van der Waals surface area contributed by atoms with Crippen molar-refractivity contribution < 1.29 is 19.0 Å². The van der Waals surface area contributed by atoms with E-state index < -0.39 is 5.41 Å². The molecule has 3 rings (SSSR count). The number of aromatic nitrogens is 2. The molecule has 7 heteroatoms. The summed E-state index contributed by atoms with van der Waals surface area (Å²) in [6.45, 7) is 4.58. The Balaban J connectivity index is 1.85. The number of rotatable bonds is 8. The van der Waals surface area contributed by atoms with Crippen LogP contribution in [0.5, 0.6) is 17.6 Å². The Morgan fingerprint density at radius 3 is 2.58 bits per heavy atom. The lowest BCUT2D eigenvalue weighted by Crippen LogP contribution is -2.28. The summed E-state index contributed by atoms with van der Waals surface area (Å²) in [4.78, 5) is 21.4. The molecule has 26 heavy (non-hydrogen) atoms. The van der Waals surface area contributed by atoms with Gasteiger partial charge in [-0.3, -0.25) is 4.79 Å². The van der Waals surface area contributed by atoms with Crippen LogP contribution in [0.25, 0.3) is 0 Å². The number of para-hydroxylation sites is 1. The number of ether oxygens (including phenoxy) is 3. The fraction of sp³-hybridized carbons (Fsp3) is 0.421. The van der Waals surface area contributed by atoms with Gasteiger partial charge in [-0.05, 0) is 32.8 Å². The second-order valence-electron chi connectivity index (χ2n) is 5.97. The van der Waals surface area contributed by atoms with Crippen LogP contribution in [0.2, 0.25) is 0 Å². The molecule has 2 aromatic rings. The monoisotopic (exact) mass is 357 g/mol. The second-order valence-corrected chi connectivity index (χ2v) is 5.97. The Morgan fingerprint density at radius 2 is 1.92 bits per heavy atom. The molecule has 0 radical (unpaired) electrons. The highest BCUT2D eigenvalue weighted by atomic mass is 16.5. The van der Waals surface area contributed by atoms with Crippen LogP contribution in [0.3, 0.4) is 0 Å². The summed E-state index contributed by atoms with van der Waals surface area (Å²) >= 11 is 0. The maximum absolute atomic E-state index is 13.0. The van der Waals surface area contributed by atoms with Crippen molar-refractivity contribution in [3.63, 3.8) is 0 Å². The molecule has 1 aliphatic rings. The predicted octanol–water partition coefficient (Wildman–Crippen LogP) is 2.95. The highest BCUT2D eigenvalue weighted by Crippen LogP contribution is 2.52. The van der Waals surface area contributed by atoms with Gasteiger partial charge in [-0.2, -0.15) is 4.98 Å². The standard InChI is InChI=1S/C19H23N3O4/c1-4-25-16-14(12-20-18(22-16)26-5-2)21-17(23)19(10-11-19)13-8-6-7-9-15(13)24-3/h6-9,12H,4-5,10-11H2,1-3H3,(H,21,23). The van der Waals surface area contributed by atoms with Gasteiger partial charge in [0.25, 0.3) is 0 Å². The first kappa shape index (κ1) is 18.0. The van der Waals surface area contributed by atoms with Gasteiger partial charge in [0.05, 0.1) is 31.9 Å². The van der Waals surface area contributed by atoms with Crippen LogP contribution in [-0.4, -0.2) is 36.2 Å². The minimum absolute atomic E-state index is 0.115. The zero-order chi connectivity index (χ0) is 18.6. The Kier molecular flexibility index (Phi) is 5.25. The Labute approximate surface area is 152 Å². The van der Waals surface area contributed by atoms with Crippen LogP contribution in [0, 0.1) is 0 Å². The number of methoxy groups -OCH3 is 1. The summed E-state index contributed by atoms with van der Waals surface area (Å²) in [6.07, 6.45) is 3.04. The van der Waals surface area contributed by atoms with E-state index in [1.807, 2.05) is 38.1 Å². The van der Waals surface area contributed by atoms with Gasteiger partial charge in [-0.15, -0.1) is 0 Å². The maximum atomic E-state index is 13.0. The van der Waals surface area contributed by atoms with E-state index in [1.165, 1.54) is 6.20 Å². The zero-order valence-corrected chi connectivity index (χ0v) is 15.2. The van der Waals surface area contributed by atoms with Crippen molar-refractivity contribution in [3.8, 4) is 17.6 Å². The number of amides is 1. The molecule has 0 aliphatic heterocycles. The molecule has 0 unspecified atom stereocenters. The summed E-state index contributed by atoms with van der Waals surface area (Å²) in [5, 5.41) is 2.92. The molecule has 0 spiro atoms. The van der Waals surface area contributed by atoms with Crippen LogP contribution in [0.1, 0.15) is 32.3 Å². The molecule has 7 nitrogen and oxygen atoms in total. The average molecular weight is 357 g/mol. The number of carbonyl (C=O) groups is 1. The van der Waals surface area contributed by atoms with Gasteiger partial charge in [0.1, 0.15) is 11.4 Å². The lowest BCUT2D eigenvalue weighted by molar-refractivity contribution is -0.118. The molecule has 1 saturated carbocycles. The molecule has 0 bridgehead atoms. The highest BCUT2D eigenvalue weighted by molar-refractivity contribution is 6.02. The predicted molar refractivity (Wildman–Crippen MR) is 96.9 cm³/mol. The van der Waals surface area contributed by atoms with E-state index in [9.17, 15) is 4.79 Å². The fourth-order valence-electron chi connectivity index (χ4n) is 2.91. The first-order valence-corrected chi connectivity index (χ1v) is 8.72. The lowest BCUT2D eigenvalue weighted by atomic mass is 9.94. The van der Waals surface area contributed by atoms with Gasteiger partial charge in [-0.1, -0.05) is 18.2 Å². The number of nitrogens with zero attached hydrogens (tertiary/aromatic N) is 2. The Morgan fingerprint density at radius 1 is 1.19 bits per heavy atom. The number of benzene rings is 1. The van der Waals surface area contributed by atoms with E-state index in [0.29, 0.717) is 30.5 Å². The zero-order valence-electron chi connectivity index (χ0n) is 15.2. The highest BCUT2D eigenvalue weighted by Gasteiger charge is 2.53. The Hall–Kier alpha value is -2.83. The van der Waals surface area contributed by atoms with Gasteiger partial charge < -0.3 is 19.5 Å². The third-order valence-electron chi connectivity index (χ3n) is 4.34. The molecular formula is C19H23N3O4. The summed E-state index contributed by atoms with van der Waals surface area (Å²) < 4.78 is 16.3. The van der Waals surface area contributed by atoms with Crippen molar-refractivity contribution in [1.82, 2.24) is 9.97 Å². The molecule has 1 N–H and O–H groups in total.